The lowest BCUT2D eigenvalue weighted by Gasteiger charge is -2.08. The monoisotopic (exact) mass is 330 g/mol. The van der Waals surface area contributed by atoms with Crippen LogP contribution in [0.4, 0.5) is 0 Å². The van der Waals surface area contributed by atoms with Crippen LogP contribution in [0.5, 0.6) is 0 Å². The van der Waals surface area contributed by atoms with Crippen LogP contribution in [0.1, 0.15) is 5.56 Å². The lowest BCUT2D eigenvalue weighted by atomic mass is 10.2. The van der Waals surface area contributed by atoms with E-state index in [9.17, 15) is 13.2 Å². The summed E-state index contributed by atoms with van der Waals surface area (Å²) in [5.41, 5.74) is 0.986. The molecule has 0 atom stereocenters. The summed E-state index contributed by atoms with van der Waals surface area (Å²) in [7, 11) is -2.00. The molecule has 22 heavy (non-hydrogen) atoms. The van der Waals surface area contributed by atoms with Crippen molar-refractivity contribution >= 4 is 15.9 Å². The highest BCUT2D eigenvalue weighted by Crippen LogP contribution is 2.09. The van der Waals surface area contributed by atoms with E-state index in [-0.39, 0.29) is 30.5 Å². The molecule has 0 spiro atoms. The quantitative estimate of drug-likeness (QED) is 0.591. The van der Waals surface area contributed by atoms with Gasteiger partial charge in [-0.1, -0.05) is 17.7 Å². The fourth-order valence-corrected chi connectivity index (χ4v) is 2.58. The Morgan fingerprint density at radius 1 is 1.14 bits per heavy atom. The Hall–Kier alpha value is -1.48. The highest BCUT2D eigenvalue weighted by atomic mass is 32.2. The Morgan fingerprint density at radius 2 is 1.82 bits per heavy atom. The summed E-state index contributed by atoms with van der Waals surface area (Å²) in [5, 5.41) is 2.56. The van der Waals surface area contributed by atoms with Gasteiger partial charge in [-0.05, 0) is 19.1 Å². The molecule has 1 rings (SSSR count). The highest BCUT2D eigenvalue weighted by molar-refractivity contribution is 7.89. The maximum atomic E-state index is 12.0. The predicted molar refractivity (Wildman–Crippen MR) is 82.1 cm³/mol. The number of aryl methyl sites for hydroxylation is 1. The van der Waals surface area contributed by atoms with Gasteiger partial charge < -0.3 is 14.8 Å². The van der Waals surface area contributed by atoms with Crippen molar-refractivity contribution in [3.63, 3.8) is 0 Å². The van der Waals surface area contributed by atoms with Crippen LogP contribution in [0.25, 0.3) is 0 Å². The van der Waals surface area contributed by atoms with Crippen LogP contribution < -0.4 is 10.0 Å². The molecule has 0 aliphatic carbocycles. The van der Waals surface area contributed by atoms with E-state index in [1.165, 1.54) is 0 Å². The first kappa shape index (κ1) is 18.6. The molecule has 1 aromatic carbocycles. The SMILES string of the molecule is COCCOCC(=O)NCCNS(=O)(=O)c1ccc(C)cc1. The molecular formula is C14H22N2O5S. The number of nitrogens with one attached hydrogen (secondary N) is 2. The molecule has 2 N–H and O–H groups in total. The molecule has 0 saturated heterocycles. The Kier molecular flexibility index (Phi) is 8.03. The van der Waals surface area contributed by atoms with E-state index in [0.717, 1.165) is 5.56 Å². The van der Waals surface area contributed by atoms with E-state index < -0.39 is 10.0 Å². The van der Waals surface area contributed by atoms with Gasteiger partial charge in [0.05, 0.1) is 18.1 Å². The third-order valence-electron chi connectivity index (χ3n) is 2.74. The largest absolute Gasteiger partial charge is 0.382 e. The minimum Gasteiger partial charge on any atom is -0.382 e. The summed E-state index contributed by atoms with van der Waals surface area (Å²) in [5.74, 6) is -0.300. The molecule has 0 aromatic heterocycles. The first-order valence-electron chi connectivity index (χ1n) is 6.85. The number of hydrogen-bond acceptors (Lipinski definition) is 5. The normalized spacial score (nSPS) is 11.4. The number of carbonyl (C=O) groups excluding carboxylic acids is 1. The topological polar surface area (TPSA) is 93.7 Å². The minimum absolute atomic E-state index is 0.0753. The van der Waals surface area contributed by atoms with Gasteiger partial charge in [-0.3, -0.25) is 4.79 Å². The van der Waals surface area contributed by atoms with Gasteiger partial charge in [0, 0.05) is 20.2 Å². The third kappa shape index (κ3) is 6.99. The summed E-state index contributed by atoms with van der Waals surface area (Å²) in [4.78, 5) is 11.6. The second-order valence-corrected chi connectivity index (χ2v) is 6.37. The van der Waals surface area contributed by atoms with Crippen LogP contribution in [0.3, 0.4) is 0 Å². The molecule has 0 aliphatic heterocycles. The molecule has 0 unspecified atom stereocenters. The van der Waals surface area contributed by atoms with Crippen LogP contribution in [0.15, 0.2) is 29.2 Å². The summed E-state index contributed by atoms with van der Waals surface area (Å²) >= 11 is 0. The second kappa shape index (κ2) is 9.52. The van der Waals surface area contributed by atoms with Gasteiger partial charge in [-0.2, -0.15) is 0 Å². The van der Waals surface area contributed by atoms with E-state index in [0.29, 0.717) is 13.2 Å². The Balaban J connectivity index is 2.26. The molecule has 0 saturated carbocycles. The van der Waals surface area contributed by atoms with Gasteiger partial charge in [0.15, 0.2) is 0 Å². The molecule has 0 aliphatic rings. The Bertz CT molecular complexity index is 557. The molecule has 7 nitrogen and oxygen atoms in total. The average Bonchev–Trinajstić information content (AvgIpc) is 2.49. The third-order valence-corrected chi connectivity index (χ3v) is 4.21. The van der Waals surface area contributed by atoms with Crippen molar-refractivity contribution in [2.45, 2.75) is 11.8 Å². The molecule has 124 valence electrons. The fourth-order valence-electron chi connectivity index (χ4n) is 1.55. The van der Waals surface area contributed by atoms with Crippen LogP contribution in [-0.4, -0.2) is 54.3 Å². The zero-order chi connectivity index (χ0) is 16.4. The smallest absolute Gasteiger partial charge is 0.246 e. The summed E-state index contributed by atoms with van der Waals surface area (Å²) in [6.07, 6.45) is 0. The molecule has 1 aromatic rings. The number of methoxy groups -OCH3 is 1. The number of rotatable bonds is 10. The van der Waals surface area contributed by atoms with Gasteiger partial charge in [0.1, 0.15) is 6.61 Å². The van der Waals surface area contributed by atoms with Crippen molar-refractivity contribution in [1.29, 1.82) is 0 Å². The minimum atomic E-state index is -3.55. The lowest BCUT2D eigenvalue weighted by molar-refractivity contribution is -0.126. The molecule has 0 fully saturated rings. The maximum Gasteiger partial charge on any atom is 0.246 e. The van der Waals surface area contributed by atoms with Gasteiger partial charge in [0.25, 0.3) is 0 Å². The van der Waals surface area contributed by atoms with Gasteiger partial charge in [0.2, 0.25) is 15.9 Å². The fraction of sp³-hybridized carbons (Fsp3) is 0.500. The number of sulfonamides is 1. The van der Waals surface area contributed by atoms with Crippen molar-refractivity contribution in [2.24, 2.45) is 0 Å². The van der Waals surface area contributed by atoms with Crippen LogP contribution in [0, 0.1) is 6.92 Å². The van der Waals surface area contributed by atoms with Crippen molar-refractivity contribution in [3.8, 4) is 0 Å². The van der Waals surface area contributed by atoms with E-state index in [1.807, 2.05) is 6.92 Å². The van der Waals surface area contributed by atoms with E-state index >= 15 is 0 Å². The standard InChI is InChI=1S/C14H22N2O5S/c1-12-3-5-13(6-4-12)22(18,19)16-8-7-15-14(17)11-21-10-9-20-2/h3-6,16H,7-11H2,1-2H3,(H,15,17). The number of ether oxygens (including phenoxy) is 2. The van der Waals surface area contributed by atoms with Crippen molar-refractivity contribution in [2.75, 3.05) is 40.0 Å². The zero-order valence-corrected chi connectivity index (χ0v) is 13.6. The molecule has 8 heteroatoms. The molecular weight excluding hydrogens is 308 g/mol. The predicted octanol–water partition coefficient (Wildman–Crippen LogP) is 0.0525. The van der Waals surface area contributed by atoms with Crippen molar-refractivity contribution in [1.82, 2.24) is 10.0 Å². The first-order valence-corrected chi connectivity index (χ1v) is 8.34. The Labute approximate surface area is 131 Å². The summed E-state index contributed by atoms with van der Waals surface area (Å²) < 4.78 is 36.2. The molecule has 0 radical (unpaired) electrons. The van der Waals surface area contributed by atoms with Crippen LogP contribution in [0.2, 0.25) is 0 Å². The van der Waals surface area contributed by atoms with E-state index in [1.54, 1.807) is 31.4 Å². The van der Waals surface area contributed by atoms with Crippen molar-refractivity contribution in [3.05, 3.63) is 29.8 Å². The number of hydrogen-bond donors (Lipinski definition) is 2. The number of amides is 1. The Morgan fingerprint density at radius 3 is 2.45 bits per heavy atom. The van der Waals surface area contributed by atoms with Gasteiger partial charge in [-0.25, -0.2) is 13.1 Å². The molecule has 0 heterocycles. The average molecular weight is 330 g/mol. The highest BCUT2D eigenvalue weighted by Gasteiger charge is 2.12. The van der Waals surface area contributed by atoms with Gasteiger partial charge >= 0.3 is 0 Å². The first-order chi connectivity index (χ1) is 10.5. The van der Waals surface area contributed by atoms with Crippen LogP contribution >= 0.6 is 0 Å². The second-order valence-electron chi connectivity index (χ2n) is 4.61. The molecule has 0 bridgehead atoms. The number of benzene rings is 1. The summed E-state index contributed by atoms with van der Waals surface area (Å²) in [6.45, 7) is 2.87. The van der Waals surface area contributed by atoms with Crippen molar-refractivity contribution < 1.29 is 22.7 Å². The maximum absolute atomic E-state index is 12.0. The van der Waals surface area contributed by atoms with Crippen LogP contribution in [-0.2, 0) is 24.3 Å². The van der Waals surface area contributed by atoms with Gasteiger partial charge in [-0.15, -0.1) is 0 Å². The number of carbonyl (C=O) groups is 1. The lowest BCUT2D eigenvalue weighted by Crippen LogP contribution is -2.36. The summed E-state index contributed by atoms with van der Waals surface area (Å²) in [6, 6.07) is 6.54. The molecule has 1 amide bonds. The van der Waals surface area contributed by atoms with E-state index in [4.69, 9.17) is 9.47 Å². The van der Waals surface area contributed by atoms with E-state index in [2.05, 4.69) is 10.0 Å². The zero-order valence-electron chi connectivity index (χ0n) is 12.8.